The number of phenols is 1. The lowest BCUT2D eigenvalue weighted by Crippen LogP contribution is -2.19. The number of carbonyl (C=O) groups excluding carboxylic acids is 1. The molecule has 0 radical (unpaired) electrons. The van der Waals surface area contributed by atoms with Crippen molar-refractivity contribution in [2.75, 3.05) is 7.11 Å². The van der Waals surface area contributed by atoms with Gasteiger partial charge in [-0.15, -0.1) is 0 Å². The second kappa shape index (κ2) is 7.49. The summed E-state index contributed by atoms with van der Waals surface area (Å²) in [4.78, 5) is 12.1. The molecule has 0 unspecified atom stereocenters. The number of carbonyl (C=O) groups is 1. The van der Waals surface area contributed by atoms with Gasteiger partial charge in [0.2, 0.25) is 5.91 Å². The van der Waals surface area contributed by atoms with Gasteiger partial charge in [0.25, 0.3) is 0 Å². The molecule has 0 fully saturated rings. The number of aromatic hydroxyl groups is 1. The zero-order valence-electron chi connectivity index (χ0n) is 13.8. The molecule has 5 heteroatoms. The zero-order chi connectivity index (χ0) is 17.6. The number of phenolic OH excluding ortho intramolecular Hbond substituents is 1. The molecule has 0 saturated carbocycles. The second-order valence-corrected chi connectivity index (χ2v) is 5.54. The molecule has 3 aromatic carbocycles. The summed E-state index contributed by atoms with van der Waals surface area (Å²) in [6.45, 7) is 0. The average Bonchev–Trinajstić information content (AvgIpc) is 2.63. The lowest BCUT2D eigenvalue weighted by Gasteiger charge is -2.06. The molecule has 0 atom stereocenters. The Labute approximate surface area is 145 Å². The van der Waals surface area contributed by atoms with Crippen molar-refractivity contribution in [1.29, 1.82) is 0 Å². The van der Waals surface area contributed by atoms with Gasteiger partial charge in [-0.05, 0) is 40.1 Å². The van der Waals surface area contributed by atoms with E-state index < -0.39 is 0 Å². The first kappa shape index (κ1) is 16.5. The van der Waals surface area contributed by atoms with Crippen LogP contribution in [0.5, 0.6) is 11.5 Å². The molecule has 3 rings (SSSR count). The molecule has 0 bridgehead atoms. The zero-order valence-corrected chi connectivity index (χ0v) is 13.8. The Bertz CT molecular complexity index is 930. The van der Waals surface area contributed by atoms with Crippen molar-refractivity contribution in [3.05, 3.63) is 71.8 Å². The monoisotopic (exact) mass is 334 g/mol. The van der Waals surface area contributed by atoms with Gasteiger partial charge in [-0.25, -0.2) is 5.43 Å². The van der Waals surface area contributed by atoms with Gasteiger partial charge < -0.3 is 9.84 Å². The van der Waals surface area contributed by atoms with E-state index in [1.807, 2.05) is 42.5 Å². The fourth-order valence-corrected chi connectivity index (χ4v) is 2.61. The van der Waals surface area contributed by atoms with Crippen molar-refractivity contribution in [1.82, 2.24) is 5.43 Å². The minimum Gasteiger partial charge on any atom is -0.504 e. The number of nitrogens with zero attached hydrogens (tertiary/aromatic N) is 1. The van der Waals surface area contributed by atoms with Gasteiger partial charge in [-0.3, -0.25) is 4.79 Å². The summed E-state index contributed by atoms with van der Waals surface area (Å²) in [5.74, 6) is 0.212. The van der Waals surface area contributed by atoms with E-state index >= 15 is 0 Å². The average molecular weight is 334 g/mol. The van der Waals surface area contributed by atoms with E-state index in [0.29, 0.717) is 11.3 Å². The highest BCUT2D eigenvalue weighted by atomic mass is 16.5. The summed E-state index contributed by atoms with van der Waals surface area (Å²) in [7, 11) is 1.47. The Kier molecular flexibility index (Phi) is 4.95. The van der Waals surface area contributed by atoms with Gasteiger partial charge in [0.1, 0.15) is 0 Å². The number of amides is 1. The van der Waals surface area contributed by atoms with Gasteiger partial charge in [0.15, 0.2) is 11.5 Å². The number of methoxy groups -OCH3 is 1. The molecule has 0 aliphatic carbocycles. The molecule has 0 aromatic heterocycles. The topological polar surface area (TPSA) is 70.9 Å². The number of ether oxygens (including phenoxy) is 1. The molecule has 0 spiro atoms. The Morgan fingerprint density at radius 1 is 1.16 bits per heavy atom. The quantitative estimate of drug-likeness (QED) is 0.556. The van der Waals surface area contributed by atoms with Crippen molar-refractivity contribution < 1.29 is 14.6 Å². The Hall–Kier alpha value is -3.34. The molecule has 25 heavy (non-hydrogen) atoms. The van der Waals surface area contributed by atoms with Crippen LogP contribution in [0.2, 0.25) is 0 Å². The first-order chi connectivity index (χ1) is 12.2. The van der Waals surface area contributed by atoms with E-state index in [-0.39, 0.29) is 18.1 Å². The maximum absolute atomic E-state index is 12.1. The lowest BCUT2D eigenvalue weighted by atomic mass is 10.0. The van der Waals surface area contributed by atoms with E-state index in [9.17, 15) is 9.90 Å². The molecule has 0 aliphatic heterocycles. The highest BCUT2D eigenvalue weighted by molar-refractivity contribution is 5.90. The van der Waals surface area contributed by atoms with E-state index in [1.165, 1.54) is 19.4 Å². The standard InChI is InChI=1S/C20H18N2O3/c1-25-19-11-14(9-10-18(19)23)13-21-22-20(24)12-16-7-4-6-15-5-2-3-8-17(15)16/h2-11,13,23H,12H2,1H3,(H,22,24). The van der Waals surface area contributed by atoms with Gasteiger partial charge in [-0.2, -0.15) is 5.10 Å². The third kappa shape index (κ3) is 3.95. The number of hydrazone groups is 1. The summed E-state index contributed by atoms with van der Waals surface area (Å²) in [6, 6.07) is 18.7. The molecule has 0 heterocycles. The van der Waals surface area contributed by atoms with E-state index in [0.717, 1.165) is 16.3 Å². The number of rotatable bonds is 5. The first-order valence-electron chi connectivity index (χ1n) is 7.83. The fraction of sp³-hybridized carbons (Fsp3) is 0.100. The van der Waals surface area contributed by atoms with E-state index in [2.05, 4.69) is 10.5 Å². The minimum absolute atomic E-state index is 0.0552. The number of hydrogen-bond donors (Lipinski definition) is 2. The Balaban J connectivity index is 1.66. The summed E-state index contributed by atoms with van der Waals surface area (Å²) in [5.41, 5.74) is 4.19. The Morgan fingerprint density at radius 3 is 2.80 bits per heavy atom. The fourth-order valence-electron chi connectivity index (χ4n) is 2.61. The highest BCUT2D eigenvalue weighted by Crippen LogP contribution is 2.25. The van der Waals surface area contributed by atoms with Crippen LogP contribution in [-0.2, 0) is 11.2 Å². The summed E-state index contributed by atoms with van der Waals surface area (Å²) >= 11 is 0. The van der Waals surface area contributed by atoms with Crippen LogP contribution in [0.3, 0.4) is 0 Å². The van der Waals surface area contributed by atoms with Crippen LogP contribution in [0.15, 0.2) is 65.8 Å². The maximum atomic E-state index is 12.1. The van der Waals surface area contributed by atoms with Crippen LogP contribution in [0, 0.1) is 0 Å². The van der Waals surface area contributed by atoms with Crippen molar-refractivity contribution >= 4 is 22.9 Å². The number of nitrogens with one attached hydrogen (secondary N) is 1. The SMILES string of the molecule is COc1cc(C=NNC(=O)Cc2cccc3ccccc23)ccc1O. The molecule has 0 aliphatic rings. The van der Waals surface area contributed by atoms with Crippen molar-refractivity contribution in [3.63, 3.8) is 0 Å². The third-order valence-electron chi connectivity index (χ3n) is 3.84. The second-order valence-electron chi connectivity index (χ2n) is 5.54. The van der Waals surface area contributed by atoms with Gasteiger partial charge in [-0.1, -0.05) is 42.5 Å². The molecular formula is C20H18N2O3. The number of benzene rings is 3. The van der Waals surface area contributed by atoms with Gasteiger partial charge in [0, 0.05) is 0 Å². The lowest BCUT2D eigenvalue weighted by molar-refractivity contribution is -0.120. The van der Waals surface area contributed by atoms with Crippen molar-refractivity contribution in [2.45, 2.75) is 6.42 Å². The van der Waals surface area contributed by atoms with Crippen LogP contribution in [0.4, 0.5) is 0 Å². The van der Waals surface area contributed by atoms with Gasteiger partial charge >= 0.3 is 0 Å². The summed E-state index contributed by atoms with van der Waals surface area (Å²) in [6.07, 6.45) is 1.75. The van der Waals surface area contributed by atoms with Crippen molar-refractivity contribution in [3.8, 4) is 11.5 Å². The predicted octanol–water partition coefficient (Wildman–Crippen LogP) is 3.25. The van der Waals surface area contributed by atoms with Gasteiger partial charge in [0.05, 0.1) is 19.7 Å². The normalized spacial score (nSPS) is 10.9. The minimum atomic E-state index is -0.196. The van der Waals surface area contributed by atoms with Crippen LogP contribution in [0.1, 0.15) is 11.1 Å². The first-order valence-corrected chi connectivity index (χ1v) is 7.83. The number of fused-ring (bicyclic) bond motifs is 1. The largest absolute Gasteiger partial charge is 0.504 e. The Morgan fingerprint density at radius 2 is 1.96 bits per heavy atom. The molecule has 0 saturated heterocycles. The molecule has 2 N–H and O–H groups in total. The predicted molar refractivity (Wildman–Crippen MR) is 98.0 cm³/mol. The summed E-state index contributed by atoms with van der Waals surface area (Å²) < 4.78 is 5.03. The molecule has 1 amide bonds. The molecule has 126 valence electrons. The van der Waals surface area contributed by atoms with Crippen molar-refractivity contribution in [2.24, 2.45) is 5.10 Å². The van der Waals surface area contributed by atoms with Crippen LogP contribution in [-0.4, -0.2) is 24.3 Å². The molecule has 5 nitrogen and oxygen atoms in total. The highest BCUT2D eigenvalue weighted by Gasteiger charge is 2.06. The van der Waals surface area contributed by atoms with Crippen LogP contribution < -0.4 is 10.2 Å². The van der Waals surface area contributed by atoms with Crippen LogP contribution in [0.25, 0.3) is 10.8 Å². The summed E-state index contributed by atoms with van der Waals surface area (Å²) in [5, 5.41) is 15.7. The number of hydrogen-bond acceptors (Lipinski definition) is 4. The maximum Gasteiger partial charge on any atom is 0.244 e. The smallest absolute Gasteiger partial charge is 0.244 e. The molecular weight excluding hydrogens is 316 g/mol. The van der Waals surface area contributed by atoms with E-state index in [4.69, 9.17) is 4.74 Å². The molecule has 3 aromatic rings. The third-order valence-corrected chi connectivity index (χ3v) is 3.84. The van der Waals surface area contributed by atoms with Crippen LogP contribution >= 0.6 is 0 Å². The van der Waals surface area contributed by atoms with E-state index in [1.54, 1.807) is 12.1 Å².